The zero-order valence-electron chi connectivity index (χ0n) is 13.9. The highest BCUT2D eigenvalue weighted by molar-refractivity contribution is 7.80. The largest absolute Gasteiger partial charge is 0.485 e. The molecular weight excluding hydrogens is 408 g/mol. The van der Waals surface area contributed by atoms with Crippen molar-refractivity contribution in [3.8, 4) is 5.75 Å². The fraction of sp³-hybridized carbons (Fsp3) is 0.0526. The Morgan fingerprint density at radius 1 is 1.04 bits per heavy atom. The maximum absolute atomic E-state index is 14.0. The molecule has 0 radical (unpaired) electrons. The molecule has 2 aromatic carbocycles. The molecule has 0 saturated carbocycles. The number of nitrogens with zero attached hydrogens (tertiary/aromatic N) is 1. The summed E-state index contributed by atoms with van der Waals surface area (Å²) in [6.45, 7) is 0.00411. The summed E-state index contributed by atoms with van der Waals surface area (Å²) in [6.07, 6.45) is 1.60. The standard InChI is InChI=1S/C19H14Cl2FN3OS/c20-13-6-8-14(9-7-13)24-19(27)25-18-16(5-2-10-23-18)26-11-12-3-1-4-15(21)17(12)22/h1-10H,11H2,(H2,23,24,25,27). The zero-order valence-corrected chi connectivity index (χ0v) is 16.2. The molecular formula is C19H14Cl2FN3OS. The molecule has 27 heavy (non-hydrogen) atoms. The van der Waals surface area contributed by atoms with Gasteiger partial charge in [-0.2, -0.15) is 0 Å². The summed E-state index contributed by atoms with van der Waals surface area (Å²) in [5.41, 5.74) is 1.12. The predicted molar refractivity (Wildman–Crippen MR) is 111 cm³/mol. The number of nitrogens with one attached hydrogen (secondary N) is 2. The van der Waals surface area contributed by atoms with Crippen LogP contribution in [0, 0.1) is 5.82 Å². The number of ether oxygens (including phenoxy) is 1. The molecule has 138 valence electrons. The SMILES string of the molecule is Fc1c(Cl)cccc1COc1cccnc1NC(=S)Nc1ccc(Cl)cc1. The van der Waals surface area contributed by atoms with Crippen LogP contribution < -0.4 is 15.4 Å². The molecule has 8 heteroatoms. The predicted octanol–water partition coefficient (Wildman–Crippen LogP) is 5.92. The van der Waals surface area contributed by atoms with E-state index in [1.54, 1.807) is 54.7 Å². The summed E-state index contributed by atoms with van der Waals surface area (Å²) in [7, 11) is 0. The molecule has 0 atom stereocenters. The van der Waals surface area contributed by atoms with Gasteiger partial charge in [-0.25, -0.2) is 9.37 Å². The van der Waals surface area contributed by atoms with Gasteiger partial charge in [-0.05, 0) is 54.7 Å². The number of aromatic nitrogens is 1. The van der Waals surface area contributed by atoms with Crippen LogP contribution in [0.4, 0.5) is 15.9 Å². The van der Waals surface area contributed by atoms with Gasteiger partial charge >= 0.3 is 0 Å². The zero-order chi connectivity index (χ0) is 19.2. The van der Waals surface area contributed by atoms with Crippen molar-refractivity contribution in [2.45, 2.75) is 6.61 Å². The Morgan fingerprint density at radius 2 is 1.81 bits per heavy atom. The first kappa shape index (κ1) is 19.4. The van der Waals surface area contributed by atoms with E-state index in [0.717, 1.165) is 5.69 Å². The lowest BCUT2D eigenvalue weighted by Gasteiger charge is -2.14. The van der Waals surface area contributed by atoms with Crippen molar-refractivity contribution in [3.05, 3.63) is 82.2 Å². The summed E-state index contributed by atoms with van der Waals surface area (Å²) in [5.74, 6) is 0.334. The Morgan fingerprint density at radius 3 is 2.59 bits per heavy atom. The monoisotopic (exact) mass is 421 g/mol. The van der Waals surface area contributed by atoms with Crippen LogP contribution in [0.25, 0.3) is 0 Å². The highest BCUT2D eigenvalue weighted by Gasteiger charge is 2.10. The van der Waals surface area contributed by atoms with Crippen LogP contribution in [0.3, 0.4) is 0 Å². The maximum atomic E-state index is 14.0. The van der Waals surface area contributed by atoms with Crippen LogP contribution in [0.15, 0.2) is 60.8 Å². The second kappa shape index (κ2) is 8.99. The van der Waals surface area contributed by atoms with Crippen molar-refractivity contribution in [3.63, 3.8) is 0 Å². The Kier molecular flexibility index (Phi) is 6.45. The van der Waals surface area contributed by atoms with Crippen LogP contribution >= 0.6 is 35.4 Å². The van der Waals surface area contributed by atoms with E-state index in [2.05, 4.69) is 15.6 Å². The van der Waals surface area contributed by atoms with Gasteiger partial charge in [0.15, 0.2) is 16.7 Å². The third-order valence-electron chi connectivity index (χ3n) is 3.52. The summed E-state index contributed by atoms with van der Waals surface area (Å²) in [5, 5.41) is 7.00. The quantitative estimate of drug-likeness (QED) is 0.500. The lowest BCUT2D eigenvalue weighted by atomic mass is 10.2. The molecule has 4 nitrogen and oxygen atoms in total. The number of anilines is 2. The first-order valence-electron chi connectivity index (χ1n) is 7.87. The minimum atomic E-state index is -0.502. The molecule has 0 aliphatic rings. The Balaban J connectivity index is 1.67. The molecule has 1 heterocycles. The minimum absolute atomic E-state index is 0.00411. The van der Waals surface area contributed by atoms with E-state index in [4.69, 9.17) is 40.2 Å². The first-order valence-corrected chi connectivity index (χ1v) is 9.03. The molecule has 0 saturated heterocycles. The Bertz CT molecular complexity index is 954. The van der Waals surface area contributed by atoms with E-state index in [1.165, 1.54) is 6.07 Å². The Hall–Kier alpha value is -2.41. The van der Waals surface area contributed by atoms with Gasteiger partial charge in [-0.1, -0.05) is 35.3 Å². The lowest BCUT2D eigenvalue weighted by molar-refractivity contribution is 0.300. The van der Waals surface area contributed by atoms with E-state index in [9.17, 15) is 4.39 Å². The lowest BCUT2D eigenvalue weighted by Crippen LogP contribution is -2.20. The molecule has 0 aliphatic heterocycles. The summed E-state index contributed by atoms with van der Waals surface area (Å²) < 4.78 is 19.7. The fourth-order valence-electron chi connectivity index (χ4n) is 2.22. The maximum Gasteiger partial charge on any atom is 0.176 e. The summed E-state index contributed by atoms with van der Waals surface area (Å²) in [6, 6.07) is 15.3. The Labute approximate surface area is 171 Å². The van der Waals surface area contributed by atoms with Crippen molar-refractivity contribution >= 4 is 52.0 Å². The van der Waals surface area contributed by atoms with Gasteiger partial charge in [0.05, 0.1) is 5.02 Å². The number of hydrogen-bond donors (Lipinski definition) is 2. The second-order valence-electron chi connectivity index (χ2n) is 5.44. The third-order valence-corrected chi connectivity index (χ3v) is 4.27. The smallest absolute Gasteiger partial charge is 0.176 e. The molecule has 0 bridgehead atoms. The number of halogens is 3. The van der Waals surface area contributed by atoms with Crippen molar-refractivity contribution in [2.24, 2.45) is 0 Å². The van der Waals surface area contributed by atoms with Gasteiger partial charge in [0.1, 0.15) is 12.4 Å². The number of rotatable bonds is 5. The van der Waals surface area contributed by atoms with Gasteiger partial charge in [-0.3, -0.25) is 0 Å². The molecule has 2 N–H and O–H groups in total. The second-order valence-corrected chi connectivity index (χ2v) is 6.69. The molecule has 3 rings (SSSR count). The summed E-state index contributed by atoms with van der Waals surface area (Å²) >= 11 is 17.0. The van der Waals surface area contributed by atoms with Crippen molar-refractivity contribution in [1.82, 2.24) is 4.98 Å². The van der Waals surface area contributed by atoms with E-state index in [-0.39, 0.29) is 11.6 Å². The fourth-order valence-corrected chi connectivity index (χ4v) is 2.75. The number of pyridine rings is 1. The molecule has 1 aromatic heterocycles. The highest BCUT2D eigenvalue weighted by Crippen LogP contribution is 2.24. The van der Waals surface area contributed by atoms with Crippen molar-refractivity contribution in [1.29, 1.82) is 0 Å². The van der Waals surface area contributed by atoms with E-state index in [1.807, 2.05) is 0 Å². The molecule has 0 aliphatic carbocycles. The first-order chi connectivity index (χ1) is 13.0. The molecule has 0 fully saturated rings. The molecule has 0 unspecified atom stereocenters. The minimum Gasteiger partial charge on any atom is -0.485 e. The van der Waals surface area contributed by atoms with E-state index < -0.39 is 5.82 Å². The van der Waals surface area contributed by atoms with E-state index >= 15 is 0 Å². The number of benzene rings is 2. The topological polar surface area (TPSA) is 46.2 Å². The van der Waals surface area contributed by atoms with E-state index in [0.29, 0.717) is 27.3 Å². The van der Waals surface area contributed by atoms with Crippen LogP contribution in [-0.2, 0) is 6.61 Å². The van der Waals surface area contributed by atoms with Crippen LogP contribution in [0.1, 0.15) is 5.56 Å². The van der Waals surface area contributed by atoms with Gasteiger partial charge in [0.25, 0.3) is 0 Å². The molecule has 0 spiro atoms. The van der Waals surface area contributed by atoms with Crippen LogP contribution in [0.2, 0.25) is 10.0 Å². The van der Waals surface area contributed by atoms with Gasteiger partial charge in [-0.15, -0.1) is 0 Å². The average molecular weight is 422 g/mol. The van der Waals surface area contributed by atoms with Crippen molar-refractivity contribution in [2.75, 3.05) is 10.6 Å². The van der Waals surface area contributed by atoms with Crippen LogP contribution in [-0.4, -0.2) is 10.1 Å². The molecule has 3 aromatic rings. The van der Waals surface area contributed by atoms with Crippen molar-refractivity contribution < 1.29 is 9.13 Å². The van der Waals surface area contributed by atoms with Gasteiger partial charge in [0.2, 0.25) is 0 Å². The number of hydrogen-bond acceptors (Lipinski definition) is 3. The molecule has 0 amide bonds. The third kappa shape index (κ3) is 5.29. The highest BCUT2D eigenvalue weighted by atomic mass is 35.5. The van der Waals surface area contributed by atoms with Crippen LogP contribution in [0.5, 0.6) is 5.75 Å². The normalized spacial score (nSPS) is 10.3. The van der Waals surface area contributed by atoms with Gasteiger partial charge in [0, 0.05) is 22.5 Å². The summed E-state index contributed by atoms with van der Waals surface area (Å²) in [4.78, 5) is 4.22. The average Bonchev–Trinajstić information content (AvgIpc) is 2.66. The number of thiocarbonyl (C=S) groups is 1. The van der Waals surface area contributed by atoms with Gasteiger partial charge < -0.3 is 15.4 Å².